The van der Waals surface area contributed by atoms with Gasteiger partial charge in [0.15, 0.2) is 5.65 Å². The molecule has 0 saturated heterocycles. The Morgan fingerprint density at radius 3 is 2.52 bits per heavy atom. The van der Waals surface area contributed by atoms with Crippen LogP contribution in [0.25, 0.3) is 28.1 Å². The van der Waals surface area contributed by atoms with Crippen LogP contribution in [0, 0.1) is 20.2 Å². The zero-order chi connectivity index (χ0) is 20.7. The fourth-order valence-electron chi connectivity index (χ4n) is 2.85. The quantitative estimate of drug-likeness (QED) is 0.392. The monoisotopic (exact) mass is 394 g/mol. The van der Waals surface area contributed by atoms with Crippen molar-refractivity contribution in [2.45, 2.75) is 0 Å². The third kappa shape index (κ3) is 2.93. The number of H-pyrrole nitrogens is 1. The van der Waals surface area contributed by atoms with E-state index in [9.17, 15) is 30.1 Å². The number of hydrogen-bond acceptors (Lipinski definition) is 8. The molecule has 4 rings (SSSR count). The summed E-state index contributed by atoms with van der Waals surface area (Å²) in [6, 6.07) is 9.24. The number of non-ortho nitro benzene ring substituents is 1. The van der Waals surface area contributed by atoms with Gasteiger partial charge in [0.05, 0.1) is 27.7 Å². The lowest BCUT2D eigenvalue weighted by Crippen LogP contribution is -2.10. The van der Waals surface area contributed by atoms with E-state index in [0.29, 0.717) is 0 Å². The van der Waals surface area contributed by atoms with Crippen molar-refractivity contribution in [3.05, 3.63) is 79.2 Å². The Hall–Kier alpha value is -4.61. The first-order valence-electron chi connectivity index (χ1n) is 8.06. The predicted molar refractivity (Wildman–Crippen MR) is 99.9 cm³/mol. The number of para-hydroxylation sites is 1. The molecule has 4 aromatic rings. The zero-order valence-electron chi connectivity index (χ0n) is 14.3. The Kier molecular flexibility index (Phi) is 4.00. The second-order valence-corrected chi connectivity index (χ2v) is 5.91. The lowest BCUT2D eigenvalue weighted by atomic mass is 10.2. The van der Waals surface area contributed by atoms with E-state index >= 15 is 0 Å². The van der Waals surface area contributed by atoms with Crippen LogP contribution in [0.2, 0.25) is 0 Å². The molecule has 0 aliphatic carbocycles. The summed E-state index contributed by atoms with van der Waals surface area (Å²) in [5.41, 5.74) is -1.46. The molecule has 0 spiro atoms. The molecule has 2 heterocycles. The summed E-state index contributed by atoms with van der Waals surface area (Å²) in [5, 5.41) is 36.5. The van der Waals surface area contributed by atoms with Crippen molar-refractivity contribution in [3.63, 3.8) is 0 Å². The Labute approximate surface area is 160 Å². The summed E-state index contributed by atoms with van der Waals surface area (Å²) in [7, 11) is 0. The van der Waals surface area contributed by atoms with Gasteiger partial charge in [-0.05, 0) is 18.2 Å². The first-order valence-corrected chi connectivity index (χ1v) is 8.06. The Morgan fingerprint density at radius 1 is 1.07 bits per heavy atom. The lowest BCUT2D eigenvalue weighted by molar-refractivity contribution is -0.394. The number of nitro groups is 2. The predicted octanol–water partition coefficient (Wildman–Crippen LogP) is 2.30. The van der Waals surface area contributed by atoms with Crippen molar-refractivity contribution in [2.75, 3.05) is 0 Å². The van der Waals surface area contributed by atoms with Crippen molar-refractivity contribution < 1.29 is 15.0 Å². The number of nitrogens with one attached hydrogen (secondary N) is 1. The number of phenols is 1. The highest BCUT2D eigenvalue weighted by atomic mass is 16.6. The van der Waals surface area contributed by atoms with Gasteiger partial charge in [-0.15, -0.1) is 0 Å². The minimum atomic E-state index is -0.785. The molecule has 0 unspecified atom stereocenters. The van der Waals surface area contributed by atoms with Gasteiger partial charge in [0.1, 0.15) is 22.6 Å². The van der Waals surface area contributed by atoms with Gasteiger partial charge in [-0.25, -0.2) is 9.67 Å². The third-order valence-corrected chi connectivity index (χ3v) is 4.19. The molecule has 0 amide bonds. The molecule has 0 bridgehead atoms. The molecule has 2 aromatic carbocycles. The summed E-state index contributed by atoms with van der Waals surface area (Å²) >= 11 is 0. The van der Waals surface area contributed by atoms with Gasteiger partial charge in [0.25, 0.3) is 11.2 Å². The number of phenolic OH excluding ortho intramolecular Hbond substituents is 1. The van der Waals surface area contributed by atoms with Crippen LogP contribution >= 0.6 is 0 Å². The number of rotatable bonds is 4. The first kappa shape index (κ1) is 17.8. The zero-order valence-corrected chi connectivity index (χ0v) is 14.3. The smallest absolute Gasteiger partial charge is 0.301 e. The number of fused-ring (bicyclic) bond motifs is 1. The highest BCUT2D eigenvalue weighted by Crippen LogP contribution is 2.30. The van der Waals surface area contributed by atoms with Gasteiger partial charge in [0.2, 0.25) is 0 Å². The molecule has 12 heteroatoms. The van der Waals surface area contributed by atoms with Gasteiger partial charge in [-0.2, -0.15) is 5.10 Å². The number of nitro benzene ring substituents is 2. The molecular formula is C17H10N6O6. The van der Waals surface area contributed by atoms with Crippen LogP contribution in [0.3, 0.4) is 0 Å². The standard InChI is InChI=1S/C17H10N6O6/c24-14-4-2-1-3-10(14)15-19-16-11(17(25)20-15)8-18-21(16)12-6-5-9(22(26)27)7-13(12)23(28)29/h1-8,24H,(H,19,20,25). The Balaban J connectivity index is 1.99. The Bertz CT molecular complexity index is 1360. The molecule has 29 heavy (non-hydrogen) atoms. The molecule has 0 aliphatic rings. The average molecular weight is 394 g/mol. The highest BCUT2D eigenvalue weighted by molar-refractivity contribution is 5.79. The van der Waals surface area contributed by atoms with Crippen LogP contribution in [-0.2, 0) is 0 Å². The number of aromatic amines is 1. The number of nitrogens with zero attached hydrogens (tertiary/aromatic N) is 5. The van der Waals surface area contributed by atoms with Crippen LogP contribution in [0.1, 0.15) is 0 Å². The van der Waals surface area contributed by atoms with Crippen molar-refractivity contribution >= 4 is 22.4 Å². The molecule has 0 aliphatic heterocycles. The molecule has 144 valence electrons. The van der Waals surface area contributed by atoms with Crippen LogP contribution in [0.5, 0.6) is 5.75 Å². The maximum Gasteiger partial charge on any atom is 0.301 e. The number of aromatic hydroxyl groups is 1. The molecule has 0 atom stereocenters. The highest BCUT2D eigenvalue weighted by Gasteiger charge is 2.24. The summed E-state index contributed by atoms with van der Waals surface area (Å²) < 4.78 is 1.05. The van der Waals surface area contributed by atoms with Crippen LogP contribution in [-0.4, -0.2) is 34.7 Å². The van der Waals surface area contributed by atoms with E-state index in [-0.39, 0.29) is 33.9 Å². The van der Waals surface area contributed by atoms with Gasteiger partial charge < -0.3 is 10.1 Å². The number of hydrogen-bond donors (Lipinski definition) is 2. The van der Waals surface area contributed by atoms with Crippen LogP contribution in [0.15, 0.2) is 53.5 Å². The molecule has 2 N–H and O–H groups in total. The molecule has 0 radical (unpaired) electrons. The summed E-state index contributed by atoms with van der Waals surface area (Å²) in [5.74, 6) is -0.0886. The third-order valence-electron chi connectivity index (χ3n) is 4.19. The molecule has 0 saturated carbocycles. The second-order valence-electron chi connectivity index (χ2n) is 5.91. The van der Waals surface area contributed by atoms with E-state index < -0.39 is 26.8 Å². The van der Waals surface area contributed by atoms with Crippen molar-refractivity contribution in [1.82, 2.24) is 19.7 Å². The molecule has 0 fully saturated rings. The minimum absolute atomic E-state index is 0.0102. The molecule has 2 aromatic heterocycles. The summed E-state index contributed by atoms with van der Waals surface area (Å²) in [6.07, 6.45) is 1.18. The summed E-state index contributed by atoms with van der Waals surface area (Å²) in [4.78, 5) is 40.1. The summed E-state index contributed by atoms with van der Waals surface area (Å²) in [6.45, 7) is 0. The number of aromatic nitrogens is 4. The second kappa shape index (κ2) is 6.53. The van der Waals surface area contributed by atoms with Crippen molar-refractivity contribution in [1.29, 1.82) is 0 Å². The van der Waals surface area contributed by atoms with Crippen LogP contribution in [0.4, 0.5) is 11.4 Å². The minimum Gasteiger partial charge on any atom is -0.507 e. The maximum absolute atomic E-state index is 12.4. The fourth-order valence-corrected chi connectivity index (χ4v) is 2.85. The van der Waals surface area contributed by atoms with Gasteiger partial charge in [0, 0.05) is 6.07 Å². The van der Waals surface area contributed by atoms with E-state index in [1.165, 1.54) is 18.3 Å². The molecule has 12 nitrogen and oxygen atoms in total. The van der Waals surface area contributed by atoms with Crippen molar-refractivity contribution in [2.24, 2.45) is 0 Å². The van der Waals surface area contributed by atoms with E-state index in [4.69, 9.17) is 0 Å². The van der Waals surface area contributed by atoms with Crippen LogP contribution < -0.4 is 5.56 Å². The van der Waals surface area contributed by atoms with Gasteiger partial charge >= 0.3 is 5.69 Å². The van der Waals surface area contributed by atoms with E-state index in [2.05, 4.69) is 15.1 Å². The normalized spacial score (nSPS) is 10.9. The topological polar surface area (TPSA) is 170 Å². The lowest BCUT2D eigenvalue weighted by Gasteiger charge is -2.06. The van der Waals surface area contributed by atoms with Crippen molar-refractivity contribution in [3.8, 4) is 22.8 Å². The first-order chi connectivity index (χ1) is 13.9. The Morgan fingerprint density at radius 2 is 1.83 bits per heavy atom. The fraction of sp³-hybridized carbons (Fsp3) is 0. The molecular weight excluding hydrogens is 384 g/mol. The van der Waals surface area contributed by atoms with E-state index in [0.717, 1.165) is 22.9 Å². The average Bonchev–Trinajstić information content (AvgIpc) is 3.12. The van der Waals surface area contributed by atoms with E-state index in [1.54, 1.807) is 12.1 Å². The van der Waals surface area contributed by atoms with E-state index in [1.807, 2.05) is 0 Å². The largest absolute Gasteiger partial charge is 0.507 e. The number of benzene rings is 2. The SMILES string of the molecule is O=c1[nH]c(-c2ccccc2O)nc2c1cnn2-c1ccc([N+](=O)[O-])cc1[N+](=O)[O-]. The van der Waals surface area contributed by atoms with Gasteiger partial charge in [-0.1, -0.05) is 12.1 Å². The maximum atomic E-state index is 12.4. The van der Waals surface area contributed by atoms with Gasteiger partial charge in [-0.3, -0.25) is 25.0 Å².